The van der Waals surface area contributed by atoms with Crippen molar-refractivity contribution in [2.45, 2.75) is 24.9 Å². The molecule has 1 aliphatic heterocycles. The average Bonchev–Trinajstić information content (AvgIpc) is 3.11. The summed E-state index contributed by atoms with van der Waals surface area (Å²) in [5.41, 5.74) is 0.854. The molecule has 1 saturated heterocycles. The number of alkyl halides is 3. The number of carbonyl (C=O) groups is 1. The van der Waals surface area contributed by atoms with E-state index in [-0.39, 0.29) is 22.7 Å². The van der Waals surface area contributed by atoms with E-state index in [2.05, 4.69) is 25.3 Å². The highest BCUT2D eigenvalue weighted by Gasteiger charge is 2.50. The molecule has 0 atom stereocenters. The fourth-order valence-corrected chi connectivity index (χ4v) is 4.13. The third-order valence-electron chi connectivity index (χ3n) is 5.93. The molecule has 8 nitrogen and oxygen atoms in total. The summed E-state index contributed by atoms with van der Waals surface area (Å²) in [6.07, 6.45) is 1.51. The molecule has 166 valence electrons. The Bertz CT molecular complexity index is 1160. The smallest absolute Gasteiger partial charge is 0.380 e. The van der Waals surface area contributed by atoms with Crippen molar-refractivity contribution in [3.63, 3.8) is 0 Å². The lowest BCUT2D eigenvalue weighted by Gasteiger charge is -2.53. The number of hydrogen-bond donors (Lipinski definition) is 1. The van der Waals surface area contributed by atoms with Crippen LogP contribution in [0, 0.1) is 5.41 Å². The first-order valence-corrected chi connectivity index (χ1v) is 10.0. The minimum Gasteiger partial charge on any atom is -0.380 e. The number of anilines is 1. The molecule has 1 amide bonds. The number of pyridine rings is 1. The summed E-state index contributed by atoms with van der Waals surface area (Å²) in [7, 11) is 1.80. The van der Waals surface area contributed by atoms with Crippen LogP contribution in [0.15, 0.2) is 36.9 Å². The molecule has 1 saturated carbocycles. The van der Waals surface area contributed by atoms with E-state index in [1.54, 1.807) is 30.2 Å². The van der Waals surface area contributed by atoms with E-state index < -0.39 is 17.8 Å². The summed E-state index contributed by atoms with van der Waals surface area (Å²) in [5, 5.41) is 2.56. The first-order valence-electron chi connectivity index (χ1n) is 10.0. The van der Waals surface area contributed by atoms with E-state index in [1.807, 2.05) is 0 Å². The largest absolute Gasteiger partial charge is 0.433 e. The van der Waals surface area contributed by atoms with Crippen molar-refractivity contribution in [2.24, 2.45) is 12.5 Å². The maximum absolute atomic E-state index is 12.9. The van der Waals surface area contributed by atoms with Crippen molar-refractivity contribution in [1.29, 1.82) is 0 Å². The van der Waals surface area contributed by atoms with Crippen molar-refractivity contribution in [3.8, 4) is 11.5 Å². The van der Waals surface area contributed by atoms with Crippen LogP contribution < -0.4 is 5.32 Å². The third kappa shape index (κ3) is 3.72. The lowest BCUT2D eigenvalue weighted by molar-refractivity contribution is -0.164. The predicted octanol–water partition coefficient (Wildman–Crippen LogP) is 3.44. The molecule has 0 bridgehead atoms. The summed E-state index contributed by atoms with van der Waals surface area (Å²) < 4.78 is 45.2. The molecule has 32 heavy (non-hydrogen) atoms. The Labute approximate surface area is 180 Å². The summed E-state index contributed by atoms with van der Waals surface area (Å²) in [5.74, 6) is -0.00296. The molecule has 1 N–H and O–H groups in total. The number of halogens is 3. The van der Waals surface area contributed by atoms with Gasteiger partial charge in [0.05, 0.1) is 37.6 Å². The second-order valence-electron chi connectivity index (χ2n) is 8.37. The van der Waals surface area contributed by atoms with Crippen LogP contribution in [-0.2, 0) is 18.0 Å². The SMILES string of the molecule is Cn1cncc1-c1nc(C(=O)Nc2ccc(C(F)(F)F)nc2)cc(C2CC3(COC3)C2)n1. The van der Waals surface area contributed by atoms with E-state index in [0.29, 0.717) is 11.5 Å². The van der Waals surface area contributed by atoms with E-state index in [4.69, 9.17) is 4.74 Å². The van der Waals surface area contributed by atoms with Crippen LogP contribution in [0.25, 0.3) is 11.5 Å². The topological polar surface area (TPSA) is 94.8 Å². The van der Waals surface area contributed by atoms with Crippen molar-refractivity contribution in [3.05, 3.63) is 54.0 Å². The number of aromatic nitrogens is 5. The maximum atomic E-state index is 12.9. The summed E-state index contributed by atoms with van der Waals surface area (Å²) in [6.45, 7) is 1.49. The van der Waals surface area contributed by atoms with Crippen LogP contribution in [0.4, 0.5) is 18.9 Å². The summed E-state index contributed by atoms with van der Waals surface area (Å²) >= 11 is 0. The monoisotopic (exact) mass is 444 g/mol. The van der Waals surface area contributed by atoms with E-state index in [1.165, 1.54) is 0 Å². The molecule has 2 fully saturated rings. The molecule has 1 aliphatic carbocycles. The molecule has 3 aromatic rings. The number of nitrogens with one attached hydrogen (secondary N) is 1. The van der Waals surface area contributed by atoms with Gasteiger partial charge in [0, 0.05) is 24.1 Å². The third-order valence-corrected chi connectivity index (χ3v) is 5.93. The lowest BCUT2D eigenvalue weighted by Crippen LogP contribution is -2.51. The van der Waals surface area contributed by atoms with Gasteiger partial charge >= 0.3 is 6.18 Å². The number of imidazole rings is 1. The molecule has 5 rings (SSSR count). The molecule has 1 spiro atoms. The Morgan fingerprint density at radius 1 is 1.22 bits per heavy atom. The van der Waals surface area contributed by atoms with Crippen molar-refractivity contribution >= 4 is 11.6 Å². The molecule has 4 heterocycles. The molecular formula is C21H19F3N6O2. The van der Waals surface area contributed by atoms with Crippen molar-refractivity contribution < 1.29 is 22.7 Å². The lowest BCUT2D eigenvalue weighted by atomic mass is 9.60. The van der Waals surface area contributed by atoms with Crippen LogP contribution in [0.5, 0.6) is 0 Å². The normalized spacial score (nSPS) is 17.6. The highest BCUT2D eigenvalue weighted by Crippen LogP contribution is 2.54. The van der Waals surface area contributed by atoms with Gasteiger partial charge < -0.3 is 14.6 Å². The predicted molar refractivity (Wildman–Crippen MR) is 107 cm³/mol. The zero-order valence-electron chi connectivity index (χ0n) is 17.1. The Hall–Kier alpha value is -3.34. The fourth-order valence-electron chi connectivity index (χ4n) is 4.13. The molecular weight excluding hydrogens is 425 g/mol. The fraction of sp³-hybridized carbons (Fsp3) is 0.381. The first kappa shape index (κ1) is 20.6. The van der Waals surface area contributed by atoms with E-state index >= 15 is 0 Å². The number of rotatable bonds is 4. The highest BCUT2D eigenvalue weighted by molar-refractivity contribution is 6.03. The van der Waals surface area contributed by atoms with Gasteiger partial charge in [-0.25, -0.2) is 19.9 Å². The highest BCUT2D eigenvalue weighted by atomic mass is 19.4. The van der Waals surface area contributed by atoms with Crippen LogP contribution in [0.2, 0.25) is 0 Å². The van der Waals surface area contributed by atoms with E-state index in [9.17, 15) is 18.0 Å². The van der Waals surface area contributed by atoms with Gasteiger partial charge in [-0.05, 0) is 31.0 Å². The zero-order valence-corrected chi connectivity index (χ0v) is 17.1. The minimum atomic E-state index is -4.55. The zero-order chi connectivity index (χ0) is 22.5. The summed E-state index contributed by atoms with van der Waals surface area (Å²) in [4.78, 5) is 29.4. The Kier molecular flexibility index (Phi) is 4.73. The second kappa shape index (κ2) is 7.37. The summed E-state index contributed by atoms with van der Waals surface area (Å²) in [6, 6.07) is 3.62. The van der Waals surface area contributed by atoms with Gasteiger partial charge in [-0.15, -0.1) is 0 Å². The molecule has 0 unspecified atom stereocenters. The molecule has 2 aliphatic rings. The molecule has 11 heteroatoms. The Morgan fingerprint density at radius 3 is 2.56 bits per heavy atom. The number of carbonyl (C=O) groups excluding carboxylic acids is 1. The van der Waals surface area contributed by atoms with Gasteiger partial charge in [0.15, 0.2) is 5.82 Å². The number of nitrogens with zero attached hydrogens (tertiary/aromatic N) is 5. The first-order chi connectivity index (χ1) is 15.2. The van der Waals surface area contributed by atoms with Gasteiger partial charge in [0.25, 0.3) is 5.91 Å². The van der Waals surface area contributed by atoms with Gasteiger partial charge in [-0.2, -0.15) is 13.2 Å². The average molecular weight is 444 g/mol. The van der Waals surface area contributed by atoms with Crippen molar-refractivity contribution in [1.82, 2.24) is 24.5 Å². The molecule has 0 radical (unpaired) electrons. The number of hydrogen-bond acceptors (Lipinski definition) is 6. The quantitative estimate of drug-likeness (QED) is 0.663. The van der Waals surface area contributed by atoms with Gasteiger partial charge in [0.2, 0.25) is 0 Å². The maximum Gasteiger partial charge on any atom is 0.433 e. The van der Waals surface area contributed by atoms with Crippen molar-refractivity contribution in [2.75, 3.05) is 18.5 Å². The van der Waals surface area contributed by atoms with E-state index in [0.717, 1.165) is 50.1 Å². The number of aryl methyl sites for hydroxylation is 1. The second-order valence-corrected chi connectivity index (χ2v) is 8.37. The van der Waals surface area contributed by atoms with Crippen LogP contribution in [0.3, 0.4) is 0 Å². The van der Waals surface area contributed by atoms with Gasteiger partial charge in [0.1, 0.15) is 17.1 Å². The van der Waals surface area contributed by atoms with Crippen LogP contribution >= 0.6 is 0 Å². The molecule has 0 aromatic carbocycles. The minimum absolute atomic E-state index is 0.122. The standard InChI is InChI=1S/C21H19F3N6O2/c1-30-11-25-8-16(30)18-28-14(12-5-20(6-12)9-32-10-20)4-15(29-18)19(31)27-13-2-3-17(26-7-13)21(22,23)24/h2-4,7-8,11-12H,5-6,9-10H2,1H3,(H,27,31). The number of amides is 1. The van der Waals surface area contributed by atoms with Crippen LogP contribution in [0.1, 0.15) is 40.6 Å². The van der Waals surface area contributed by atoms with Gasteiger partial charge in [-0.3, -0.25) is 4.79 Å². The number of ether oxygens (including phenoxy) is 1. The molecule has 3 aromatic heterocycles. The van der Waals surface area contributed by atoms with Gasteiger partial charge in [-0.1, -0.05) is 0 Å². The Morgan fingerprint density at radius 2 is 2.00 bits per heavy atom. The Balaban J connectivity index is 1.42. The van der Waals surface area contributed by atoms with Crippen LogP contribution in [-0.4, -0.2) is 43.6 Å².